The van der Waals surface area contributed by atoms with E-state index in [2.05, 4.69) is 5.43 Å². The lowest BCUT2D eigenvalue weighted by Crippen LogP contribution is -2.23. The van der Waals surface area contributed by atoms with Crippen molar-refractivity contribution in [2.75, 3.05) is 20.3 Å². The first kappa shape index (κ1) is 13.5. The van der Waals surface area contributed by atoms with Crippen molar-refractivity contribution in [2.45, 2.75) is 12.8 Å². The minimum Gasteiger partial charge on any atom is -0.497 e. The molecule has 3 N–H and O–H groups in total. The average Bonchev–Trinajstić information content (AvgIpc) is 2.38. The van der Waals surface area contributed by atoms with E-state index in [1.807, 2.05) is 0 Å². The Kier molecular flexibility index (Phi) is 6.06. The molecule has 17 heavy (non-hydrogen) atoms. The van der Waals surface area contributed by atoms with Crippen molar-refractivity contribution in [2.24, 2.45) is 5.84 Å². The van der Waals surface area contributed by atoms with Gasteiger partial charge in [-0.25, -0.2) is 4.79 Å². The Bertz CT molecular complexity index is 338. The SMILES string of the molecule is COc1ccc(C(=O)OCCCCNN)cc1. The zero-order valence-electron chi connectivity index (χ0n) is 9.94. The molecule has 0 radical (unpaired) electrons. The largest absolute Gasteiger partial charge is 0.497 e. The third kappa shape index (κ3) is 4.84. The van der Waals surface area contributed by atoms with Gasteiger partial charge in [-0.15, -0.1) is 0 Å². The Morgan fingerprint density at radius 1 is 1.29 bits per heavy atom. The van der Waals surface area contributed by atoms with Crippen LogP contribution < -0.4 is 16.0 Å². The van der Waals surface area contributed by atoms with Crippen LogP contribution in [-0.4, -0.2) is 26.2 Å². The summed E-state index contributed by atoms with van der Waals surface area (Å²) >= 11 is 0. The van der Waals surface area contributed by atoms with E-state index < -0.39 is 0 Å². The summed E-state index contributed by atoms with van der Waals surface area (Å²) in [4.78, 5) is 11.6. The monoisotopic (exact) mass is 238 g/mol. The highest BCUT2D eigenvalue weighted by atomic mass is 16.5. The van der Waals surface area contributed by atoms with Crippen LogP contribution in [0, 0.1) is 0 Å². The van der Waals surface area contributed by atoms with Crippen molar-refractivity contribution < 1.29 is 14.3 Å². The van der Waals surface area contributed by atoms with Gasteiger partial charge in [0.1, 0.15) is 5.75 Å². The fourth-order valence-electron chi connectivity index (χ4n) is 1.30. The molecular weight excluding hydrogens is 220 g/mol. The van der Waals surface area contributed by atoms with E-state index in [0.29, 0.717) is 12.2 Å². The van der Waals surface area contributed by atoms with E-state index in [1.165, 1.54) is 0 Å². The minimum atomic E-state index is -0.312. The zero-order valence-corrected chi connectivity index (χ0v) is 9.94. The molecule has 1 rings (SSSR count). The number of nitrogens with one attached hydrogen (secondary N) is 1. The van der Waals surface area contributed by atoms with Crippen LogP contribution in [0.1, 0.15) is 23.2 Å². The summed E-state index contributed by atoms with van der Waals surface area (Å²) in [5, 5.41) is 0. The number of benzene rings is 1. The van der Waals surface area contributed by atoms with Crippen LogP contribution in [0.2, 0.25) is 0 Å². The maximum Gasteiger partial charge on any atom is 0.338 e. The van der Waals surface area contributed by atoms with Crippen molar-refractivity contribution in [3.05, 3.63) is 29.8 Å². The molecule has 0 amide bonds. The smallest absolute Gasteiger partial charge is 0.338 e. The van der Waals surface area contributed by atoms with E-state index >= 15 is 0 Å². The van der Waals surface area contributed by atoms with Gasteiger partial charge in [0.2, 0.25) is 0 Å². The number of hydrogen-bond acceptors (Lipinski definition) is 5. The van der Waals surface area contributed by atoms with Gasteiger partial charge in [0.25, 0.3) is 0 Å². The van der Waals surface area contributed by atoms with Crippen LogP contribution in [0.4, 0.5) is 0 Å². The van der Waals surface area contributed by atoms with E-state index in [4.69, 9.17) is 15.3 Å². The first-order chi connectivity index (χ1) is 8.27. The number of esters is 1. The quantitative estimate of drug-likeness (QED) is 0.322. The number of carbonyl (C=O) groups excluding carboxylic acids is 1. The molecule has 0 aliphatic heterocycles. The van der Waals surface area contributed by atoms with Gasteiger partial charge in [0.05, 0.1) is 19.3 Å². The number of rotatable bonds is 7. The summed E-state index contributed by atoms with van der Waals surface area (Å²) in [5.41, 5.74) is 3.08. The lowest BCUT2D eigenvalue weighted by molar-refractivity contribution is 0.0498. The molecule has 0 saturated carbocycles. The lowest BCUT2D eigenvalue weighted by Gasteiger charge is -2.05. The van der Waals surface area contributed by atoms with Crippen LogP contribution in [0.3, 0.4) is 0 Å². The van der Waals surface area contributed by atoms with Gasteiger partial charge >= 0.3 is 5.97 Å². The second kappa shape index (κ2) is 7.65. The standard InChI is InChI=1S/C12H18N2O3/c1-16-11-6-4-10(5-7-11)12(15)17-9-3-2-8-14-13/h4-7,14H,2-3,8-9,13H2,1H3. The maximum absolute atomic E-state index is 11.6. The molecule has 0 heterocycles. The van der Waals surface area contributed by atoms with E-state index in [-0.39, 0.29) is 5.97 Å². The van der Waals surface area contributed by atoms with Gasteiger partial charge in [0, 0.05) is 6.54 Å². The second-order valence-electron chi connectivity index (χ2n) is 3.53. The molecule has 94 valence electrons. The summed E-state index contributed by atoms with van der Waals surface area (Å²) in [6, 6.07) is 6.83. The van der Waals surface area contributed by atoms with E-state index in [9.17, 15) is 4.79 Å². The number of carbonyl (C=O) groups is 1. The number of unbranched alkanes of at least 4 members (excludes halogenated alkanes) is 1. The first-order valence-electron chi connectivity index (χ1n) is 5.52. The van der Waals surface area contributed by atoms with Gasteiger partial charge in [-0.2, -0.15) is 0 Å². The summed E-state index contributed by atoms with van der Waals surface area (Å²) in [6.07, 6.45) is 1.68. The predicted molar refractivity (Wildman–Crippen MR) is 64.7 cm³/mol. The molecule has 1 aromatic rings. The highest BCUT2D eigenvalue weighted by Crippen LogP contribution is 2.12. The van der Waals surface area contributed by atoms with Crippen LogP contribution in [0.5, 0.6) is 5.75 Å². The summed E-state index contributed by atoms with van der Waals surface area (Å²) in [5.74, 6) is 5.53. The van der Waals surface area contributed by atoms with Crippen molar-refractivity contribution in [1.29, 1.82) is 0 Å². The third-order valence-corrected chi connectivity index (χ3v) is 2.27. The lowest BCUT2D eigenvalue weighted by atomic mass is 10.2. The molecule has 0 atom stereocenters. The van der Waals surface area contributed by atoms with Gasteiger partial charge in [0.15, 0.2) is 0 Å². The Balaban J connectivity index is 2.31. The molecular formula is C12H18N2O3. The van der Waals surface area contributed by atoms with Crippen molar-refractivity contribution in [3.8, 4) is 5.75 Å². The molecule has 1 aromatic carbocycles. The normalized spacial score (nSPS) is 10.0. The zero-order chi connectivity index (χ0) is 12.5. The van der Waals surface area contributed by atoms with Crippen molar-refractivity contribution >= 4 is 5.97 Å². The van der Waals surface area contributed by atoms with Crippen molar-refractivity contribution in [1.82, 2.24) is 5.43 Å². The third-order valence-electron chi connectivity index (χ3n) is 2.27. The number of hydrazine groups is 1. The second-order valence-corrected chi connectivity index (χ2v) is 3.53. The van der Waals surface area contributed by atoms with Gasteiger partial charge < -0.3 is 9.47 Å². The van der Waals surface area contributed by atoms with Crippen LogP contribution in [-0.2, 0) is 4.74 Å². The average molecular weight is 238 g/mol. The molecule has 0 aliphatic carbocycles. The number of methoxy groups -OCH3 is 1. The number of ether oxygens (including phenoxy) is 2. The number of nitrogens with two attached hydrogens (primary N) is 1. The van der Waals surface area contributed by atoms with Gasteiger partial charge in [-0.3, -0.25) is 11.3 Å². The molecule has 5 nitrogen and oxygen atoms in total. The molecule has 0 aliphatic rings. The summed E-state index contributed by atoms with van der Waals surface area (Å²) in [7, 11) is 1.58. The highest BCUT2D eigenvalue weighted by molar-refractivity contribution is 5.89. The Morgan fingerprint density at radius 2 is 2.00 bits per heavy atom. The van der Waals surface area contributed by atoms with E-state index in [0.717, 1.165) is 25.1 Å². The van der Waals surface area contributed by atoms with Gasteiger partial charge in [-0.1, -0.05) is 0 Å². The molecule has 5 heteroatoms. The molecule has 0 bridgehead atoms. The maximum atomic E-state index is 11.6. The molecule has 0 saturated heterocycles. The predicted octanol–water partition coefficient (Wildman–Crippen LogP) is 1.10. The fraction of sp³-hybridized carbons (Fsp3) is 0.417. The first-order valence-corrected chi connectivity index (χ1v) is 5.52. The molecule has 0 spiro atoms. The summed E-state index contributed by atoms with van der Waals surface area (Å²) < 4.78 is 10.1. The molecule has 0 fully saturated rings. The van der Waals surface area contributed by atoms with Crippen LogP contribution >= 0.6 is 0 Å². The van der Waals surface area contributed by atoms with Crippen molar-refractivity contribution in [3.63, 3.8) is 0 Å². The fourth-order valence-corrected chi connectivity index (χ4v) is 1.30. The Hall–Kier alpha value is -1.59. The summed E-state index contributed by atoms with van der Waals surface area (Å²) in [6.45, 7) is 1.13. The van der Waals surface area contributed by atoms with E-state index in [1.54, 1.807) is 31.4 Å². The van der Waals surface area contributed by atoms with Gasteiger partial charge in [-0.05, 0) is 37.1 Å². The Labute approximate surface area is 101 Å². The van der Waals surface area contributed by atoms with Crippen LogP contribution in [0.25, 0.3) is 0 Å². The Morgan fingerprint density at radius 3 is 2.59 bits per heavy atom. The molecule has 0 unspecified atom stereocenters. The topological polar surface area (TPSA) is 73.6 Å². The minimum absolute atomic E-state index is 0.312. The number of hydrogen-bond donors (Lipinski definition) is 2. The highest BCUT2D eigenvalue weighted by Gasteiger charge is 2.06. The van der Waals surface area contributed by atoms with Crippen LogP contribution in [0.15, 0.2) is 24.3 Å². The molecule has 0 aromatic heterocycles.